The first-order chi connectivity index (χ1) is 7.20. The Morgan fingerprint density at radius 2 is 2.27 bits per heavy atom. The molecule has 3 nitrogen and oxygen atoms in total. The lowest BCUT2D eigenvalue weighted by atomic mass is 9.83. The number of benzene rings is 1. The van der Waals surface area contributed by atoms with E-state index in [0.29, 0.717) is 6.61 Å². The minimum Gasteiger partial charge on any atom is -0.493 e. The normalized spacial score (nSPS) is 21.3. The Bertz CT molecular complexity index is 373. The van der Waals surface area contributed by atoms with E-state index in [4.69, 9.17) is 9.84 Å². The SMILES string of the molecule is CC(C(=O)O)C1CCOc2ccccc21. The predicted octanol–water partition coefficient (Wildman–Crippen LogP) is 2.27. The summed E-state index contributed by atoms with van der Waals surface area (Å²) in [4.78, 5) is 11.0. The van der Waals surface area contributed by atoms with Crippen LogP contribution in [0.2, 0.25) is 0 Å². The van der Waals surface area contributed by atoms with Crippen molar-refractivity contribution in [3.05, 3.63) is 29.8 Å². The van der Waals surface area contributed by atoms with Crippen molar-refractivity contribution in [2.24, 2.45) is 5.92 Å². The predicted molar refractivity (Wildman–Crippen MR) is 56.1 cm³/mol. The standard InChI is InChI=1S/C12H14O3/c1-8(12(13)14)9-6-7-15-11-5-3-2-4-10(9)11/h2-5,8-9H,6-7H2,1H3,(H,13,14). The van der Waals surface area contributed by atoms with Gasteiger partial charge in [-0.05, 0) is 18.1 Å². The van der Waals surface area contributed by atoms with Gasteiger partial charge in [-0.25, -0.2) is 0 Å². The van der Waals surface area contributed by atoms with Crippen LogP contribution in [0.3, 0.4) is 0 Å². The van der Waals surface area contributed by atoms with Crippen LogP contribution in [0.25, 0.3) is 0 Å². The van der Waals surface area contributed by atoms with E-state index in [1.165, 1.54) is 0 Å². The molecule has 1 aromatic carbocycles. The number of carboxylic acids is 1. The summed E-state index contributed by atoms with van der Waals surface area (Å²) in [6, 6.07) is 7.69. The maximum Gasteiger partial charge on any atom is 0.306 e. The number of carbonyl (C=O) groups is 1. The lowest BCUT2D eigenvalue weighted by Crippen LogP contribution is -2.24. The lowest BCUT2D eigenvalue weighted by Gasteiger charge is -2.28. The van der Waals surface area contributed by atoms with Gasteiger partial charge in [-0.3, -0.25) is 4.79 Å². The smallest absolute Gasteiger partial charge is 0.306 e. The Hall–Kier alpha value is -1.51. The van der Waals surface area contributed by atoms with Crippen LogP contribution in [0.15, 0.2) is 24.3 Å². The van der Waals surface area contributed by atoms with Gasteiger partial charge >= 0.3 is 5.97 Å². The van der Waals surface area contributed by atoms with Crippen LogP contribution in [-0.2, 0) is 4.79 Å². The molecule has 1 aromatic rings. The molecule has 2 rings (SSSR count). The van der Waals surface area contributed by atoms with Crippen molar-refractivity contribution >= 4 is 5.97 Å². The zero-order valence-corrected chi connectivity index (χ0v) is 8.64. The molecule has 0 radical (unpaired) electrons. The van der Waals surface area contributed by atoms with Crippen molar-refractivity contribution in [2.45, 2.75) is 19.3 Å². The first-order valence-electron chi connectivity index (χ1n) is 5.14. The van der Waals surface area contributed by atoms with E-state index < -0.39 is 5.97 Å². The van der Waals surface area contributed by atoms with Gasteiger partial charge in [-0.15, -0.1) is 0 Å². The fourth-order valence-corrected chi connectivity index (χ4v) is 2.06. The van der Waals surface area contributed by atoms with E-state index in [1.807, 2.05) is 24.3 Å². The van der Waals surface area contributed by atoms with Crippen molar-refractivity contribution in [1.29, 1.82) is 0 Å². The molecule has 0 saturated carbocycles. The Morgan fingerprint density at radius 3 is 3.00 bits per heavy atom. The molecule has 15 heavy (non-hydrogen) atoms. The molecule has 2 atom stereocenters. The van der Waals surface area contributed by atoms with Crippen molar-refractivity contribution < 1.29 is 14.6 Å². The molecule has 0 spiro atoms. The van der Waals surface area contributed by atoms with Crippen LogP contribution in [0.1, 0.15) is 24.8 Å². The molecule has 1 aliphatic rings. The van der Waals surface area contributed by atoms with Gasteiger partial charge in [0.25, 0.3) is 0 Å². The quantitative estimate of drug-likeness (QED) is 0.807. The molecule has 1 aliphatic heterocycles. The summed E-state index contributed by atoms with van der Waals surface area (Å²) in [6.45, 7) is 2.37. The van der Waals surface area contributed by atoms with Crippen molar-refractivity contribution in [3.63, 3.8) is 0 Å². The first kappa shape index (κ1) is 10.0. The van der Waals surface area contributed by atoms with Gasteiger partial charge in [0.1, 0.15) is 5.75 Å². The topological polar surface area (TPSA) is 46.5 Å². The zero-order valence-electron chi connectivity index (χ0n) is 8.64. The van der Waals surface area contributed by atoms with Crippen molar-refractivity contribution in [2.75, 3.05) is 6.61 Å². The van der Waals surface area contributed by atoms with Gasteiger partial charge in [0.2, 0.25) is 0 Å². The summed E-state index contributed by atoms with van der Waals surface area (Å²) in [5, 5.41) is 9.02. The molecule has 2 unspecified atom stereocenters. The van der Waals surface area contributed by atoms with Crippen LogP contribution >= 0.6 is 0 Å². The van der Waals surface area contributed by atoms with E-state index in [-0.39, 0.29) is 11.8 Å². The molecule has 0 amide bonds. The second kappa shape index (κ2) is 3.93. The summed E-state index contributed by atoms with van der Waals surface area (Å²) in [5.74, 6) is -0.180. The number of aliphatic carboxylic acids is 1. The second-order valence-electron chi connectivity index (χ2n) is 3.91. The van der Waals surface area contributed by atoms with E-state index in [2.05, 4.69) is 0 Å². The number of hydrogen-bond donors (Lipinski definition) is 1. The average Bonchev–Trinajstić information content (AvgIpc) is 2.27. The highest BCUT2D eigenvalue weighted by molar-refractivity contribution is 5.71. The zero-order chi connectivity index (χ0) is 10.8. The number of ether oxygens (including phenoxy) is 1. The van der Waals surface area contributed by atoms with Gasteiger partial charge < -0.3 is 9.84 Å². The summed E-state index contributed by atoms with van der Waals surface area (Å²) in [6.07, 6.45) is 0.782. The molecular formula is C12H14O3. The number of hydrogen-bond acceptors (Lipinski definition) is 2. The third-order valence-electron chi connectivity index (χ3n) is 3.00. The van der Waals surface area contributed by atoms with E-state index in [0.717, 1.165) is 17.7 Å². The molecular weight excluding hydrogens is 192 g/mol. The molecule has 1 heterocycles. The Kier molecular flexibility index (Phi) is 2.62. The molecule has 3 heteroatoms. The van der Waals surface area contributed by atoms with Gasteiger partial charge in [0.15, 0.2) is 0 Å². The van der Waals surface area contributed by atoms with Crippen molar-refractivity contribution in [1.82, 2.24) is 0 Å². The number of carboxylic acid groups (broad SMARTS) is 1. The third kappa shape index (κ3) is 1.82. The molecule has 0 aliphatic carbocycles. The first-order valence-corrected chi connectivity index (χ1v) is 5.14. The van der Waals surface area contributed by atoms with Crippen LogP contribution in [-0.4, -0.2) is 17.7 Å². The third-order valence-corrected chi connectivity index (χ3v) is 3.00. The van der Waals surface area contributed by atoms with Gasteiger partial charge in [-0.1, -0.05) is 25.1 Å². The van der Waals surface area contributed by atoms with E-state index in [9.17, 15) is 4.79 Å². The highest BCUT2D eigenvalue weighted by Crippen LogP contribution is 2.37. The van der Waals surface area contributed by atoms with Crippen LogP contribution in [0, 0.1) is 5.92 Å². The van der Waals surface area contributed by atoms with E-state index >= 15 is 0 Å². The summed E-state index contributed by atoms with van der Waals surface area (Å²) < 4.78 is 5.49. The summed E-state index contributed by atoms with van der Waals surface area (Å²) >= 11 is 0. The van der Waals surface area contributed by atoms with Crippen LogP contribution in [0.4, 0.5) is 0 Å². The Balaban J connectivity index is 2.33. The van der Waals surface area contributed by atoms with Gasteiger partial charge in [0.05, 0.1) is 12.5 Å². The lowest BCUT2D eigenvalue weighted by molar-refractivity contribution is -0.142. The molecule has 0 fully saturated rings. The highest BCUT2D eigenvalue weighted by Gasteiger charge is 2.29. The maximum atomic E-state index is 11.0. The number of rotatable bonds is 2. The molecule has 80 valence electrons. The van der Waals surface area contributed by atoms with Crippen LogP contribution < -0.4 is 4.74 Å². The molecule has 1 N–H and O–H groups in total. The molecule has 0 bridgehead atoms. The molecule has 0 aromatic heterocycles. The largest absolute Gasteiger partial charge is 0.493 e. The number of para-hydroxylation sites is 1. The number of fused-ring (bicyclic) bond motifs is 1. The van der Waals surface area contributed by atoms with Crippen LogP contribution in [0.5, 0.6) is 5.75 Å². The summed E-state index contributed by atoms with van der Waals surface area (Å²) in [5.41, 5.74) is 1.03. The minimum absolute atomic E-state index is 0.0763. The van der Waals surface area contributed by atoms with Crippen molar-refractivity contribution in [3.8, 4) is 5.75 Å². The fourth-order valence-electron chi connectivity index (χ4n) is 2.06. The second-order valence-corrected chi connectivity index (χ2v) is 3.91. The van der Waals surface area contributed by atoms with Gasteiger partial charge in [0, 0.05) is 5.92 Å². The molecule has 0 saturated heterocycles. The summed E-state index contributed by atoms with van der Waals surface area (Å²) in [7, 11) is 0. The monoisotopic (exact) mass is 206 g/mol. The van der Waals surface area contributed by atoms with Gasteiger partial charge in [-0.2, -0.15) is 0 Å². The fraction of sp³-hybridized carbons (Fsp3) is 0.417. The Morgan fingerprint density at radius 1 is 1.53 bits per heavy atom. The Labute approximate surface area is 88.7 Å². The maximum absolute atomic E-state index is 11.0. The highest BCUT2D eigenvalue weighted by atomic mass is 16.5. The van der Waals surface area contributed by atoms with E-state index in [1.54, 1.807) is 6.92 Å². The minimum atomic E-state index is -0.739. The average molecular weight is 206 g/mol.